The average molecular weight is 434 g/mol. The highest BCUT2D eigenvalue weighted by molar-refractivity contribution is 7.99. The van der Waals surface area contributed by atoms with Crippen molar-refractivity contribution < 1.29 is 19.2 Å². The fraction of sp³-hybridized carbons (Fsp3) is 0.278. The third kappa shape index (κ3) is 4.93. The molecule has 152 valence electrons. The summed E-state index contributed by atoms with van der Waals surface area (Å²) in [4.78, 5) is 23.6. The highest BCUT2D eigenvalue weighted by atomic mass is 32.2. The lowest BCUT2D eigenvalue weighted by atomic mass is 10.2. The first-order chi connectivity index (χ1) is 14.0. The van der Waals surface area contributed by atoms with E-state index in [0.717, 1.165) is 10.7 Å². The van der Waals surface area contributed by atoms with Crippen LogP contribution in [-0.4, -0.2) is 38.5 Å². The van der Waals surface area contributed by atoms with E-state index in [1.807, 2.05) is 29.0 Å². The zero-order chi connectivity index (χ0) is 20.8. The summed E-state index contributed by atoms with van der Waals surface area (Å²) in [6.45, 7) is 2.53. The van der Waals surface area contributed by atoms with Gasteiger partial charge < -0.3 is 14.0 Å². The highest BCUT2D eigenvalue weighted by Gasteiger charge is 2.17. The summed E-state index contributed by atoms with van der Waals surface area (Å²) >= 11 is 2.80. The lowest BCUT2D eigenvalue weighted by molar-refractivity contribution is -0.385. The number of nitro benzene ring substituents is 1. The van der Waals surface area contributed by atoms with Crippen molar-refractivity contribution in [1.82, 2.24) is 14.8 Å². The number of nitro groups is 1. The van der Waals surface area contributed by atoms with Crippen LogP contribution < -0.4 is 4.74 Å². The molecule has 0 aliphatic heterocycles. The molecule has 0 aliphatic rings. The fourth-order valence-corrected chi connectivity index (χ4v) is 4.10. The van der Waals surface area contributed by atoms with Crippen molar-refractivity contribution in [3.63, 3.8) is 0 Å². The monoisotopic (exact) mass is 434 g/mol. The van der Waals surface area contributed by atoms with Crippen LogP contribution in [0.5, 0.6) is 5.75 Å². The number of methoxy groups -OCH3 is 1. The Hall–Kier alpha value is -2.92. The minimum Gasteiger partial charge on any atom is -0.496 e. The summed E-state index contributed by atoms with van der Waals surface area (Å²) in [5.74, 6) is 0.758. The molecule has 0 unspecified atom stereocenters. The van der Waals surface area contributed by atoms with Gasteiger partial charge in [0, 0.05) is 24.2 Å². The number of hydrogen-bond acceptors (Lipinski definition) is 9. The molecule has 0 bridgehead atoms. The van der Waals surface area contributed by atoms with Crippen LogP contribution in [0.15, 0.2) is 40.9 Å². The molecule has 0 atom stereocenters. The van der Waals surface area contributed by atoms with Gasteiger partial charge in [0.05, 0.1) is 22.7 Å². The number of hydrogen-bond donors (Lipinski definition) is 0. The maximum Gasteiger partial charge on any atom is 0.316 e. The lowest BCUT2D eigenvalue weighted by Crippen LogP contribution is -2.09. The molecule has 0 fully saturated rings. The summed E-state index contributed by atoms with van der Waals surface area (Å²) in [5, 5.41) is 21.9. The van der Waals surface area contributed by atoms with Gasteiger partial charge in [0.25, 0.3) is 5.69 Å². The predicted molar refractivity (Wildman–Crippen MR) is 109 cm³/mol. The first-order valence-corrected chi connectivity index (χ1v) is 10.5. The molecule has 3 aromatic rings. The largest absolute Gasteiger partial charge is 0.496 e. The third-order valence-corrected chi connectivity index (χ3v) is 5.76. The molecule has 29 heavy (non-hydrogen) atoms. The van der Waals surface area contributed by atoms with Crippen LogP contribution in [0.2, 0.25) is 0 Å². The number of ether oxygens (including phenoxy) is 2. The molecular weight excluding hydrogens is 416 g/mol. The Bertz CT molecular complexity index is 1000. The molecule has 0 spiro atoms. The topological polar surface area (TPSA) is 109 Å². The van der Waals surface area contributed by atoms with Gasteiger partial charge in [-0.1, -0.05) is 17.8 Å². The van der Waals surface area contributed by atoms with E-state index in [4.69, 9.17) is 9.47 Å². The van der Waals surface area contributed by atoms with E-state index in [9.17, 15) is 14.9 Å². The Morgan fingerprint density at radius 2 is 2.17 bits per heavy atom. The van der Waals surface area contributed by atoms with E-state index in [1.54, 1.807) is 11.3 Å². The minimum atomic E-state index is -0.511. The minimum absolute atomic E-state index is 0.0415. The van der Waals surface area contributed by atoms with Crippen molar-refractivity contribution in [3.05, 3.63) is 51.4 Å². The normalized spacial score (nSPS) is 10.7. The second-order valence-electron chi connectivity index (χ2n) is 5.73. The molecule has 2 aromatic heterocycles. The van der Waals surface area contributed by atoms with Gasteiger partial charge >= 0.3 is 5.97 Å². The maximum absolute atomic E-state index is 12.2. The van der Waals surface area contributed by atoms with Crippen molar-refractivity contribution >= 4 is 34.8 Å². The quantitative estimate of drug-likeness (QED) is 0.217. The molecule has 0 amide bonds. The number of carbonyl (C=O) groups excluding carboxylic acids is 1. The van der Waals surface area contributed by atoms with E-state index < -0.39 is 10.9 Å². The first-order valence-electron chi connectivity index (χ1n) is 8.60. The number of thiophene rings is 1. The van der Waals surface area contributed by atoms with Crippen molar-refractivity contribution in [2.75, 3.05) is 12.9 Å². The molecule has 3 rings (SSSR count). The van der Waals surface area contributed by atoms with E-state index in [-0.39, 0.29) is 18.0 Å². The van der Waals surface area contributed by atoms with Gasteiger partial charge in [0.1, 0.15) is 12.4 Å². The summed E-state index contributed by atoms with van der Waals surface area (Å²) in [6.07, 6.45) is 0. The molecule has 0 saturated carbocycles. The SMILES string of the molecule is CCn1c(SCC(=O)OCc2cc([N+](=O)[O-])ccc2OC)nnc1-c1cccs1. The second-order valence-corrected chi connectivity index (χ2v) is 7.62. The lowest BCUT2D eigenvalue weighted by Gasteiger charge is -2.09. The average Bonchev–Trinajstić information content (AvgIpc) is 3.39. The van der Waals surface area contributed by atoms with Crippen LogP contribution in [0, 0.1) is 10.1 Å². The molecule has 0 saturated heterocycles. The number of esters is 1. The number of rotatable bonds is 9. The number of nitrogens with zero attached hydrogens (tertiary/aromatic N) is 4. The Labute approximate surface area is 174 Å². The number of non-ortho nitro benzene ring substituents is 1. The smallest absolute Gasteiger partial charge is 0.316 e. The molecule has 11 heteroatoms. The van der Waals surface area contributed by atoms with Gasteiger partial charge in [-0.3, -0.25) is 14.9 Å². The van der Waals surface area contributed by atoms with Crippen molar-refractivity contribution in [1.29, 1.82) is 0 Å². The summed E-state index contributed by atoms with van der Waals surface area (Å²) < 4.78 is 12.4. The Balaban J connectivity index is 1.61. The van der Waals surface area contributed by atoms with Gasteiger partial charge in [-0.15, -0.1) is 21.5 Å². The Morgan fingerprint density at radius 1 is 1.34 bits per heavy atom. The van der Waals surface area contributed by atoms with Crippen LogP contribution in [0.3, 0.4) is 0 Å². The van der Waals surface area contributed by atoms with Crippen LogP contribution in [0.4, 0.5) is 5.69 Å². The van der Waals surface area contributed by atoms with Gasteiger partial charge in [-0.2, -0.15) is 0 Å². The highest BCUT2D eigenvalue weighted by Crippen LogP contribution is 2.28. The molecule has 1 aromatic carbocycles. The zero-order valence-corrected chi connectivity index (χ0v) is 17.4. The first kappa shape index (κ1) is 20.8. The standard InChI is InChI=1S/C18H18N4O5S2/c1-3-21-17(15-5-4-8-28-15)19-20-18(21)29-11-16(23)27-10-12-9-13(22(24)25)6-7-14(12)26-2/h4-9H,3,10-11H2,1-2H3. The molecule has 9 nitrogen and oxygen atoms in total. The van der Waals surface area contributed by atoms with Crippen molar-refractivity contribution in [2.24, 2.45) is 0 Å². The number of aromatic nitrogens is 3. The maximum atomic E-state index is 12.2. The van der Waals surface area contributed by atoms with Gasteiger partial charge in [-0.25, -0.2) is 0 Å². The van der Waals surface area contributed by atoms with Crippen LogP contribution >= 0.6 is 23.1 Å². The van der Waals surface area contributed by atoms with Gasteiger partial charge in [0.2, 0.25) is 0 Å². The molecule has 2 heterocycles. The van der Waals surface area contributed by atoms with Crippen molar-refractivity contribution in [2.45, 2.75) is 25.2 Å². The molecule has 0 aliphatic carbocycles. The van der Waals surface area contributed by atoms with Gasteiger partial charge in [-0.05, 0) is 24.4 Å². The summed E-state index contributed by atoms with van der Waals surface area (Å²) in [7, 11) is 1.45. The van der Waals surface area contributed by atoms with Crippen LogP contribution in [0.1, 0.15) is 12.5 Å². The molecular formula is C18H18N4O5S2. The Kier molecular flexibility index (Phi) is 6.83. The van der Waals surface area contributed by atoms with Crippen molar-refractivity contribution in [3.8, 4) is 16.5 Å². The molecule has 0 radical (unpaired) electrons. The predicted octanol–water partition coefficient (Wildman–Crippen LogP) is 3.78. The van der Waals surface area contributed by atoms with Crippen LogP contribution in [-0.2, 0) is 22.7 Å². The number of carbonyl (C=O) groups is 1. The number of thioether (sulfide) groups is 1. The van der Waals surface area contributed by atoms with E-state index >= 15 is 0 Å². The van der Waals surface area contributed by atoms with Crippen LogP contribution in [0.25, 0.3) is 10.7 Å². The summed E-state index contributed by atoms with van der Waals surface area (Å²) in [5.41, 5.74) is 0.333. The summed E-state index contributed by atoms with van der Waals surface area (Å²) in [6, 6.07) is 8.06. The number of benzene rings is 1. The fourth-order valence-electron chi connectivity index (χ4n) is 2.58. The molecule has 0 N–H and O–H groups in total. The zero-order valence-electron chi connectivity index (χ0n) is 15.7. The van der Waals surface area contributed by atoms with Gasteiger partial charge in [0.15, 0.2) is 11.0 Å². The third-order valence-electron chi connectivity index (χ3n) is 3.96. The second kappa shape index (κ2) is 9.52. The van der Waals surface area contributed by atoms with E-state index in [1.165, 1.54) is 37.1 Å². The van der Waals surface area contributed by atoms with E-state index in [2.05, 4.69) is 10.2 Å². The Morgan fingerprint density at radius 3 is 2.83 bits per heavy atom. The van der Waals surface area contributed by atoms with E-state index in [0.29, 0.717) is 23.0 Å².